The molecule has 0 saturated heterocycles. The van der Waals surface area contributed by atoms with Crippen LogP contribution in [0.15, 0.2) is 60.9 Å². The van der Waals surface area contributed by atoms with Crippen LogP contribution in [-0.2, 0) is 0 Å². The summed E-state index contributed by atoms with van der Waals surface area (Å²) >= 11 is 0. The lowest BCUT2D eigenvalue weighted by Crippen LogP contribution is -3.00. The van der Waals surface area contributed by atoms with Crippen LogP contribution in [0.1, 0.15) is 11.1 Å². The van der Waals surface area contributed by atoms with Crippen LogP contribution >= 0.6 is 0 Å². The SMILES string of the molecule is Cc1ccc(Nc2cc[n+]3ccccc3c2)cc1C.[Br-]. The van der Waals surface area contributed by atoms with Crippen molar-refractivity contribution >= 4 is 16.9 Å². The van der Waals surface area contributed by atoms with Crippen molar-refractivity contribution in [3.63, 3.8) is 0 Å². The number of fused-ring (bicyclic) bond motifs is 1. The lowest BCUT2D eigenvalue weighted by molar-refractivity contribution is -0.511. The van der Waals surface area contributed by atoms with Crippen LogP contribution in [0.4, 0.5) is 11.4 Å². The van der Waals surface area contributed by atoms with E-state index in [9.17, 15) is 0 Å². The third-order valence-corrected chi connectivity index (χ3v) is 3.44. The van der Waals surface area contributed by atoms with Crippen molar-refractivity contribution in [2.75, 3.05) is 5.32 Å². The molecule has 1 N–H and O–H groups in total. The van der Waals surface area contributed by atoms with Gasteiger partial charge in [0.25, 0.3) is 0 Å². The Bertz CT molecular complexity index is 738. The van der Waals surface area contributed by atoms with Gasteiger partial charge in [0.15, 0.2) is 12.4 Å². The van der Waals surface area contributed by atoms with E-state index in [0.29, 0.717) is 0 Å². The number of aryl methyl sites for hydroxylation is 2. The van der Waals surface area contributed by atoms with Crippen molar-refractivity contribution in [3.05, 3.63) is 72.1 Å². The van der Waals surface area contributed by atoms with E-state index in [1.54, 1.807) is 0 Å². The molecule has 3 heteroatoms. The first-order valence-electron chi connectivity index (χ1n) is 6.47. The molecule has 1 aromatic carbocycles. The van der Waals surface area contributed by atoms with Crippen molar-refractivity contribution in [1.82, 2.24) is 0 Å². The minimum Gasteiger partial charge on any atom is -1.00 e. The Morgan fingerprint density at radius 2 is 1.60 bits per heavy atom. The van der Waals surface area contributed by atoms with Crippen LogP contribution in [-0.4, -0.2) is 0 Å². The minimum atomic E-state index is 0. The summed E-state index contributed by atoms with van der Waals surface area (Å²) in [5, 5.41) is 3.45. The van der Waals surface area contributed by atoms with E-state index < -0.39 is 0 Å². The van der Waals surface area contributed by atoms with Gasteiger partial charge in [0.1, 0.15) is 0 Å². The lowest BCUT2D eigenvalue weighted by atomic mass is 10.1. The number of benzene rings is 1. The zero-order chi connectivity index (χ0) is 13.2. The van der Waals surface area contributed by atoms with Gasteiger partial charge >= 0.3 is 0 Å². The molecular weight excluding hydrogens is 312 g/mol. The molecule has 0 fully saturated rings. The predicted octanol–water partition coefficient (Wildman–Crippen LogP) is 0.790. The van der Waals surface area contributed by atoms with Gasteiger partial charge in [-0.25, -0.2) is 0 Å². The zero-order valence-corrected chi connectivity index (χ0v) is 13.2. The van der Waals surface area contributed by atoms with Gasteiger partial charge in [0, 0.05) is 30.0 Å². The Hall–Kier alpha value is -1.87. The summed E-state index contributed by atoms with van der Waals surface area (Å²) in [7, 11) is 0. The highest BCUT2D eigenvalue weighted by Gasteiger charge is 2.03. The summed E-state index contributed by atoms with van der Waals surface area (Å²) in [6, 6.07) is 16.9. The first-order valence-corrected chi connectivity index (χ1v) is 6.47. The quantitative estimate of drug-likeness (QED) is 0.688. The molecule has 0 unspecified atom stereocenters. The molecule has 0 amide bonds. The second-order valence-electron chi connectivity index (χ2n) is 4.87. The van der Waals surface area contributed by atoms with E-state index in [1.165, 1.54) is 16.6 Å². The molecule has 0 aliphatic rings. The minimum absolute atomic E-state index is 0. The van der Waals surface area contributed by atoms with Crippen LogP contribution < -0.4 is 26.7 Å². The number of nitrogens with one attached hydrogen (secondary N) is 1. The summed E-state index contributed by atoms with van der Waals surface area (Å²) in [4.78, 5) is 0. The fraction of sp³-hybridized carbons (Fsp3) is 0.118. The molecule has 0 spiro atoms. The van der Waals surface area contributed by atoms with Crippen molar-refractivity contribution in [1.29, 1.82) is 0 Å². The number of hydrogen-bond donors (Lipinski definition) is 1. The maximum atomic E-state index is 3.45. The molecule has 0 saturated carbocycles. The summed E-state index contributed by atoms with van der Waals surface area (Å²) in [6.07, 6.45) is 4.12. The normalized spacial score (nSPS) is 10.1. The first-order chi connectivity index (χ1) is 9.22. The fourth-order valence-corrected chi connectivity index (χ4v) is 2.16. The average Bonchev–Trinajstić information content (AvgIpc) is 2.43. The number of pyridine rings is 2. The van der Waals surface area contributed by atoms with Gasteiger partial charge in [-0.3, -0.25) is 0 Å². The smallest absolute Gasteiger partial charge is 0.212 e. The van der Waals surface area contributed by atoms with E-state index in [-0.39, 0.29) is 17.0 Å². The third kappa shape index (κ3) is 2.99. The monoisotopic (exact) mass is 328 g/mol. The molecule has 0 radical (unpaired) electrons. The zero-order valence-electron chi connectivity index (χ0n) is 11.6. The number of aromatic nitrogens is 1. The van der Waals surface area contributed by atoms with Crippen LogP contribution in [0, 0.1) is 13.8 Å². The van der Waals surface area contributed by atoms with Crippen LogP contribution in [0.5, 0.6) is 0 Å². The third-order valence-electron chi connectivity index (χ3n) is 3.44. The summed E-state index contributed by atoms with van der Waals surface area (Å²) in [5.74, 6) is 0. The highest BCUT2D eigenvalue weighted by Crippen LogP contribution is 2.19. The molecule has 0 aliphatic carbocycles. The molecule has 0 atom stereocenters. The summed E-state index contributed by atoms with van der Waals surface area (Å²) < 4.78 is 2.10. The second-order valence-corrected chi connectivity index (χ2v) is 4.87. The molecule has 2 heterocycles. The molecule has 0 bridgehead atoms. The lowest BCUT2D eigenvalue weighted by Gasteiger charge is -2.08. The maximum absolute atomic E-state index is 3.45. The Kier molecular flexibility index (Phi) is 4.40. The highest BCUT2D eigenvalue weighted by atomic mass is 79.9. The molecule has 0 aliphatic heterocycles. The molecular formula is C17H17BrN2. The number of halogens is 1. The van der Waals surface area contributed by atoms with E-state index in [4.69, 9.17) is 0 Å². The molecule has 102 valence electrons. The molecule has 3 rings (SSSR count). The van der Waals surface area contributed by atoms with Gasteiger partial charge in [-0.2, -0.15) is 4.40 Å². The van der Waals surface area contributed by atoms with E-state index in [2.05, 4.69) is 78.4 Å². The fourth-order valence-electron chi connectivity index (χ4n) is 2.16. The van der Waals surface area contributed by atoms with Gasteiger partial charge in [-0.05, 0) is 43.2 Å². The van der Waals surface area contributed by atoms with Gasteiger partial charge < -0.3 is 22.3 Å². The number of anilines is 2. The molecule has 2 aromatic heterocycles. The van der Waals surface area contributed by atoms with Crippen molar-refractivity contribution < 1.29 is 21.4 Å². The topological polar surface area (TPSA) is 16.1 Å². The summed E-state index contributed by atoms with van der Waals surface area (Å²) in [5.41, 5.74) is 6.04. The standard InChI is InChI=1S/C17H16N2.BrH/c1-13-6-7-15(11-14(13)2)18-16-8-10-19-9-4-3-5-17(19)12-16;/h3-12H,1-2H3;1H. The number of hydrogen-bond acceptors (Lipinski definition) is 1. The average molecular weight is 329 g/mol. The van der Waals surface area contributed by atoms with Crippen LogP contribution in [0.2, 0.25) is 0 Å². The number of nitrogens with zero attached hydrogens (tertiary/aromatic N) is 1. The van der Waals surface area contributed by atoms with Gasteiger partial charge in [-0.1, -0.05) is 6.07 Å². The predicted molar refractivity (Wildman–Crippen MR) is 78.8 cm³/mol. The van der Waals surface area contributed by atoms with E-state index in [1.807, 2.05) is 6.07 Å². The van der Waals surface area contributed by atoms with Gasteiger partial charge in [-0.15, -0.1) is 0 Å². The van der Waals surface area contributed by atoms with E-state index >= 15 is 0 Å². The van der Waals surface area contributed by atoms with Crippen molar-refractivity contribution in [2.24, 2.45) is 0 Å². The second kappa shape index (κ2) is 6.06. The van der Waals surface area contributed by atoms with E-state index in [0.717, 1.165) is 11.4 Å². The summed E-state index contributed by atoms with van der Waals surface area (Å²) in [6.45, 7) is 4.27. The first kappa shape index (κ1) is 14.5. The highest BCUT2D eigenvalue weighted by molar-refractivity contribution is 5.63. The van der Waals surface area contributed by atoms with Crippen molar-refractivity contribution in [2.45, 2.75) is 13.8 Å². The van der Waals surface area contributed by atoms with Crippen LogP contribution in [0.3, 0.4) is 0 Å². The van der Waals surface area contributed by atoms with Crippen LogP contribution in [0.25, 0.3) is 5.52 Å². The maximum Gasteiger partial charge on any atom is 0.212 e. The molecule has 2 nitrogen and oxygen atoms in total. The Morgan fingerprint density at radius 1 is 0.800 bits per heavy atom. The van der Waals surface area contributed by atoms with Gasteiger partial charge in [0.05, 0.1) is 5.69 Å². The Labute approximate surface area is 129 Å². The number of rotatable bonds is 2. The molecule has 20 heavy (non-hydrogen) atoms. The largest absolute Gasteiger partial charge is 1.00 e. The Morgan fingerprint density at radius 3 is 2.40 bits per heavy atom. The van der Waals surface area contributed by atoms with Gasteiger partial charge in [0.2, 0.25) is 5.52 Å². The Balaban J connectivity index is 0.00000147. The molecule has 3 aromatic rings. The van der Waals surface area contributed by atoms with Crippen molar-refractivity contribution in [3.8, 4) is 0 Å².